The zero-order chi connectivity index (χ0) is 18.5. The molecule has 26 heavy (non-hydrogen) atoms. The minimum atomic E-state index is -0.240. The molecule has 0 spiro atoms. The van der Waals surface area contributed by atoms with Gasteiger partial charge in [-0.25, -0.2) is 0 Å². The Labute approximate surface area is 154 Å². The number of carbonyl (C=O) groups is 1. The number of benzene rings is 1. The second kappa shape index (κ2) is 8.49. The van der Waals surface area contributed by atoms with E-state index in [1.54, 1.807) is 24.3 Å². The molecule has 7 heteroatoms. The molecule has 2 unspecified atom stereocenters. The van der Waals surface area contributed by atoms with E-state index in [1.807, 2.05) is 0 Å². The molecule has 2 saturated heterocycles. The first-order valence-corrected chi connectivity index (χ1v) is 9.12. The molecule has 1 amide bonds. The SMILES string of the molecule is CC1NNC(C)C1CC(=O)N[C@@H]1CCOC[C@H]1Oc1ccc(C#N)cc1. The molecule has 4 atom stereocenters. The number of hydrogen-bond acceptors (Lipinski definition) is 6. The third-order valence-corrected chi connectivity index (χ3v) is 5.17. The van der Waals surface area contributed by atoms with Crippen LogP contribution in [0.25, 0.3) is 0 Å². The fraction of sp³-hybridized carbons (Fsp3) is 0.579. The van der Waals surface area contributed by atoms with Crippen molar-refractivity contribution in [2.45, 2.75) is 50.9 Å². The van der Waals surface area contributed by atoms with Gasteiger partial charge in [-0.15, -0.1) is 0 Å². The van der Waals surface area contributed by atoms with Gasteiger partial charge in [0.25, 0.3) is 0 Å². The smallest absolute Gasteiger partial charge is 0.220 e. The van der Waals surface area contributed by atoms with Crippen molar-refractivity contribution in [2.24, 2.45) is 5.92 Å². The quantitative estimate of drug-likeness (QED) is 0.730. The summed E-state index contributed by atoms with van der Waals surface area (Å²) in [4.78, 5) is 12.5. The summed E-state index contributed by atoms with van der Waals surface area (Å²) in [5, 5.41) is 12.0. The Morgan fingerprint density at radius 2 is 2.00 bits per heavy atom. The highest BCUT2D eigenvalue weighted by atomic mass is 16.5. The molecule has 0 saturated carbocycles. The van der Waals surface area contributed by atoms with E-state index in [9.17, 15) is 4.79 Å². The van der Waals surface area contributed by atoms with Gasteiger partial charge >= 0.3 is 0 Å². The number of hydrogen-bond donors (Lipinski definition) is 3. The predicted octanol–water partition coefficient (Wildman–Crippen LogP) is 1.10. The van der Waals surface area contributed by atoms with E-state index >= 15 is 0 Å². The van der Waals surface area contributed by atoms with Crippen LogP contribution in [0.2, 0.25) is 0 Å². The topological polar surface area (TPSA) is 95.4 Å². The number of amides is 1. The molecule has 1 aromatic carbocycles. The molecule has 0 bridgehead atoms. The van der Waals surface area contributed by atoms with Crippen LogP contribution in [0, 0.1) is 17.2 Å². The highest BCUT2D eigenvalue weighted by Crippen LogP contribution is 2.21. The number of nitriles is 1. The lowest BCUT2D eigenvalue weighted by molar-refractivity contribution is -0.125. The van der Waals surface area contributed by atoms with Crippen molar-refractivity contribution in [3.8, 4) is 11.8 Å². The van der Waals surface area contributed by atoms with Crippen molar-refractivity contribution in [3.05, 3.63) is 29.8 Å². The molecular weight excluding hydrogens is 332 g/mol. The fourth-order valence-corrected chi connectivity index (χ4v) is 3.52. The molecule has 2 aliphatic heterocycles. The predicted molar refractivity (Wildman–Crippen MR) is 96.2 cm³/mol. The van der Waals surface area contributed by atoms with Crippen LogP contribution in [0.15, 0.2) is 24.3 Å². The maximum Gasteiger partial charge on any atom is 0.220 e. The van der Waals surface area contributed by atoms with E-state index in [2.05, 4.69) is 36.1 Å². The van der Waals surface area contributed by atoms with Crippen LogP contribution in [0.3, 0.4) is 0 Å². The maximum atomic E-state index is 12.5. The van der Waals surface area contributed by atoms with Crippen LogP contribution in [0.5, 0.6) is 5.75 Å². The fourth-order valence-electron chi connectivity index (χ4n) is 3.52. The van der Waals surface area contributed by atoms with Gasteiger partial charge in [-0.1, -0.05) is 0 Å². The average Bonchev–Trinajstić information content (AvgIpc) is 2.96. The first-order valence-electron chi connectivity index (χ1n) is 9.12. The van der Waals surface area contributed by atoms with Gasteiger partial charge in [0.15, 0.2) is 0 Å². The lowest BCUT2D eigenvalue weighted by atomic mass is 9.92. The van der Waals surface area contributed by atoms with Gasteiger partial charge in [0, 0.05) is 31.0 Å². The van der Waals surface area contributed by atoms with E-state index in [0.29, 0.717) is 30.9 Å². The minimum Gasteiger partial charge on any atom is -0.486 e. The van der Waals surface area contributed by atoms with Crippen LogP contribution in [0.4, 0.5) is 0 Å². The Morgan fingerprint density at radius 1 is 1.31 bits per heavy atom. The number of nitrogens with one attached hydrogen (secondary N) is 3. The minimum absolute atomic E-state index is 0.0412. The second-order valence-corrected chi connectivity index (χ2v) is 7.06. The van der Waals surface area contributed by atoms with E-state index in [4.69, 9.17) is 14.7 Å². The van der Waals surface area contributed by atoms with E-state index in [0.717, 1.165) is 6.42 Å². The molecule has 3 N–H and O–H groups in total. The van der Waals surface area contributed by atoms with Gasteiger partial charge in [-0.3, -0.25) is 15.6 Å². The van der Waals surface area contributed by atoms with Crippen LogP contribution < -0.4 is 20.9 Å². The van der Waals surface area contributed by atoms with Crippen LogP contribution in [-0.4, -0.2) is 43.4 Å². The summed E-state index contributed by atoms with van der Waals surface area (Å²) in [5.74, 6) is 0.970. The van der Waals surface area contributed by atoms with E-state index < -0.39 is 0 Å². The van der Waals surface area contributed by atoms with Crippen molar-refractivity contribution in [2.75, 3.05) is 13.2 Å². The summed E-state index contributed by atoms with van der Waals surface area (Å²) in [7, 11) is 0. The number of carbonyl (C=O) groups excluding carboxylic acids is 1. The standard InChI is InChI=1S/C19H26N4O3/c1-12-16(13(2)23-22-12)9-19(24)21-17-7-8-25-11-18(17)26-15-5-3-14(10-20)4-6-15/h3-6,12-13,16-18,22-23H,7-9,11H2,1-2H3,(H,21,24)/t12?,13?,16?,17-,18-/m1/s1. The number of nitrogens with zero attached hydrogens (tertiary/aromatic N) is 1. The summed E-state index contributed by atoms with van der Waals surface area (Å²) in [6.45, 7) is 5.21. The molecule has 0 aromatic heterocycles. The first kappa shape index (κ1) is 18.6. The molecule has 140 valence electrons. The third-order valence-electron chi connectivity index (χ3n) is 5.17. The van der Waals surface area contributed by atoms with Gasteiger partial charge in [-0.2, -0.15) is 5.26 Å². The maximum absolute atomic E-state index is 12.5. The van der Waals surface area contributed by atoms with E-state index in [-0.39, 0.29) is 36.1 Å². The largest absolute Gasteiger partial charge is 0.486 e. The lowest BCUT2D eigenvalue weighted by Crippen LogP contribution is -2.52. The summed E-state index contributed by atoms with van der Waals surface area (Å²) in [5.41, 5.74) is 6.95. The van der Waals surface area contributed by atoms with Gasteiger partial charge in [0.2, 0.25) is 5.91 Å². The van der Waals surface area contributed by atoms with Crippen LogP contribution >= 0.6 is 0 Å². The monoisotopic (exact) mass is 358 g/mol. The zero-order valence-corrected chi connectivity index (χ0v) is 15.2. The van der Waals surface area contributed by atoms with Gasteiger partial charge < -0.3 is 14.8 Å². The summed E-state index contributed by atoms with van der Waals surface area (Å²) in [6, 6.07) is 9.50. The summed E-state index contributed by atoms with van der Waals surface area (Å²) < 4.78 is 11.5. The Balaban J connectivity index is 1.57. The molecule has 3 rings (SSSR count). The molecule has 2 aliphatic rings. The summed E-state index contributed by atoms with van der Waals surface area (Å²) >= 11 is 0. The second-order valence-electron chi connectivity index (χ2n) is 7.06. The number of rotatable bonds is 5. The molecule has 7 nitrogen and oxygen atoms in total. The molecule has 2 heterocycles. The number of ether oxygens (including phenoxy) is 2. The Kier molecular flexibility index (Phi) is 6.09. The van der Waals surface area contributed by atoms with Crippen molar-refractivity contribution in [3.63, 3.8) is 0 Å². The van der Waals surface area contributed by atoms with Crippen LogP contribution in [0.1, 0.15) is 32.3 Å². The average molecular weight is 358 g/mol. The van der Waals surface area contributed by atoms with Gasteiger partial charge in [0.1, 0.15) is 11.9 Å². The highest BCUT2D eigenvalue weighted by molar-refractivity contribution is 5.76. The Hall–Kier alpha value is -2.14. The van der Waals surface area contributed by atoms with E-state index in [1.165, 1.54) is 0 Å². The lowest BCUT2D eigenvalue weighted by Gasteiger charge is -2.33. The molecule has 2 fully saturated rings. The van der Waals surface area contributed by atoms with Gasteiger partial charge in [-0.05, 0) is 44.5 Å². The Bertz CT molecular complexity index is 648. The summed E-state index contributed by atoms with van der Waals surface area (Å²) in [6.07, 6.45) is 0.956. The third kappa shape index (κ3) is 4.52. The molecular formula is C19H26N4O3. The zero-order valence-electron chi connectivity index (χ0n) is 15.2. The normalized spacial score (nSPS) is 31.2. The van der Waals surface area contributed by atoms with Gasteiger partial charge in [0.05, 0.1) is 24.3 Å². The molecule has 0 aliphatic carbocycles. The molecule has 0 radical (unpaired) electrons. The van der Waals surface area contributed by atoms with Crippen LogP contribution in [-0.2, 0) is 9.53 Å². The van der Waals surface area contributed by atoms with Crippen molar-refractivity contribution in [1.82, 2.24) is 16.2 Å². The Morgan fingerprint density at radius 3 is 2.65 bits per heavy atom. The molecule has 1 aromatic rings. The van der Waals surface area contributed by atoms with Crippen molar-refractivity contribution in [1.29, 1.82) is 5.26 Å². The highest BCUT2D eigenvalue weighted by Gasteiger charge is 2.34. The number of hydrazine groups is 1. The first-order chi connectivity index (χ1) is 12.6. The van der Waals surface area contributed by atoms with Crippen molar-refractivity contribution >= 4 is 5.91 Å². The van der Waals surface area contributed by atoms with Crippen molar-refractivity contribution < 1.29 is 14.3 Å².